The zero-order valence-corrected chi connectivity index (χ0v) is 17.2. The van der Waals surface area contributed by atoms with Gasteiger partial charge in [0, 0.05) is 26.2 Å². The zero-order valence-electron chi connectivity index (χ0n) is 16.4. The summed E-state index contributed by atoms with van der Waals surface area (Å²) >= 11 is 1.37. The molecule has 0 N–H and O–H groups in total. The Hall–Kier alpha value is -2.55. The summed E-state index contributed by atoms with van der Waals surface area (Å²) in [6.07, 6.45) is 1.35. The van der Waals surface area contributed by atoms with Crippen molar-refractivity contribution in [2.75, 3.05) is 38.5 Å². The third-order valence-corrected chi connectivity index (χ3v) is 5.54. The van der Waals surface area contributed by atoms with E-state index in [-0.39, 0.29) is 17.8 Å². The molecule has 2 heterocycles. The van der Waals surface area contributed by atoms with Crippen molar-refractivity contribution in [1.29, 1.82) is 0 Å². The number of benzene rings is 1. The van der Waals surface area contributed by atoms with Gasteiger partial charge in [-0.25, -0.2) is 4.79 Å². The van der Waals surface area contributed by atoms with Crippen molar-refractivity contribution in [2.45, 2.75) is 25.9 Å². The van der Waals surface area contributed by atoms with Crippen LogP contribution in [0.15, 0.2) is 29.7 Å². The smallest absolute Gasteiger partial charge is 0.409 e. The summed E-state index contributed by atoms with van der Waals surface area (Å²) < 4.78 is 6.92. The number of thioether (sulfide) groups is 1. The Morgan fingerprint density at radius 3 is 2.54 bits per heavy atom. The standard InChI is InChI=1S/C19H25N5O3S/c1-4-27-19(26)23-9-7-22(8-10-23)17(25)12-28-18-21-20-13-24(18)16-6-5-14(2)11-15(16)3/h5-6,11,13H,4,7-10,12H2,1-3H3. The van der Waals surface area contributed by atoms with E-state index in [1.165, 1.54) is 17.3 Å². The van der Waals surface area contributed by atoms with Crippen molar-refractivity contribution >= 4 is 23.8 Å². The molecule has 9 heteroatoms. The number of nitrogens with zero attached hydrogens (tertiary/aromatic N) is 5. The average molecular weight is 404 g/mol. The predicted molar refractivity (Wildman–Crippen MR) is 107 cm³/mol. The Balaban J connectivity index is 1.56. The van der Waals surface area contributed by atoms with Crippen LogP contribution >= 0.6 is 11.8 Å². The summed E-state index contributed by atoms with van der Waals surface area (Å²) in [5.74, 6) is 0.312. The Bertz CT molecular complexity index is 846. The second kappa shape index (κ2) is 9.09. The van der Waals surface area contributed by atoms with E-state index < -0.39 is 0 Å². The van der Waals surface area contributed by atoms with Crippen LogP contribution in [0.5, 0.6) is 0 Å². The van der Waals surface area contributed by atoms with Crippen LogP contribution in [0.3, 0.4) is 0 Å². The fourth-order valence-corrected chi connectivity index (χ4v) is 3.96. The Kier molecular flexibility index (Phi) is 6.56. The number of amides is 2. The van der Waals surface area contributed by atoms with Crippen LogP contribution < -0.4 is 0 Å². The van der Waals surface area contributed by atoms with Gasteiger partial charge < -0.3 is 14.5 Å². The van der Waals surface area contributed by atoms with Crippen molar-refractivity contribution in [3.63, 3.8) is 0 Å². The van der Waals surface area contributed by atoms with E-state index in [1.54, 1.807) is 23.1 Å². The van der Waals surface area contributed by atoms with Gasteiger partial charge in [-0.3, -0.25) is 9.36 Å². The number of aryl methyl sites for hydroxylation is 2. The van der Waals surface area contributed by atoms with Crippen LogP contribution in [0.25, 0.3) is 5.69 Å². The van der Waals surface area contributed by atoms with E-state index in [0.29, 0.717) is 37.9 Å². The molecule has 3 rings (SSSR count). The van der Waals surface area contributed by atoms with Gasteiger partial charge in [-0.15, -0.1) is 10.2 Å². The maximum absolute atomic E-state index is 12.6. The van der Waals surface area contributed by atoms with E-state index in [4.69, 9.17) is 4.74 Å². The van der Waals surface area contributed by atoms with Crippen molar-refractivity contribution in [3.8, 4) is 5.69 Å². The summed E-state index contributed by atoms with van der Waals surface area (Å²) in [5.41, 5.74) is 3.33. The molecule has 1 fully saturated rings. The zero-order chi connectivity index (χ0) is 20.1. The van der Waals surface area contributed by atoms with Crippen molar-refractivity contribution in [1.82, 2.24) is 24.6 Å². The molecule has 8 nitrogen and oxygen atoms in total. The molecule has 1 aliphatic rings. The van der Waals surface area contributed by atoms with Crippen LogP contribution in [-0.4, -0.2) is 75.1 Å². The predicted octanol–water partition coefficient (Wildman–Crippen LogP) is 2.28. The third kappa shape index (κ3) is 4.64. The molecule has 28 heavy (non-hydrogen) atoms. The molecule has 2 amide bonds. The summed E-state index contributed by atoms with van der Waals surface area (Å²) in [5, 5.41) is 8.86. The summed E-state index contributed by atoms with van der Waals surface area (Å²) in [6, 6.07) is 6.19. The van der Waals surface area contributed by atoms with Gasteiger partial charge in [-0.2, -0.15) is 0 Å². The Morgan fingerprint density at radius 1 is 1.14 bits per heavy atom. The van der Waals surface area contributed by atoms with Gasteiger partial charge >= 0.3 is 6.09 Å². The molecule has 1 aromatic carbocycles. The third-order valence-electron chi connectivity index (χ3n) is 4.61. The number of rotatable bonds is 5. The van der Waals surface area contributed by atoms with Gasteiger partial charge in [0.1, 0.15) is 6.33 Å². The van der Waals surface area contributed by atoms with Crippen LogP contribution in [-0.2, 0) is 9.53 Å². The minimum absolute atomic E-state index is 0.0312. The lowest BCUT2D eigenvalue weighted by atomic mass is 10.1. The average Bonchev–Trinajstić information content (AvgIpc) is 3.14. The lowest BCUT2D eigenvalue weighted by molar-refractivity contribution is -0.129. The van der Waals surface area contributed by atoms with E-state index >= 15 is 0 Å². The molecule has 0 unspecified atom stereocenters. The largest absolute Gasteiger partial charge is 0.450 e. The van der Waals surface area contributed by atoms with Gasteiger partial charge in [0.25, 0.3) is 0 Å². The fourth-order valence-electron chi connectivity index (χ4n) is 3.13. The number of hydrogen-bond donors (Lipinski definition) is 0. The lowest BCUT2D eigenvalue weighted by Crippen LogP contribution is -2.51. The Labute approximate surface area is 168 Å². The maximum Gasteiger partial charge on any atom is 0.409 e. The lowest BCUT2D eigenvalue weighted by Gasteiger charge is -2.34. The highest BCUT2D eigenvalue weighted by Crippen LogP contribution is 2.23. The minimum atomic E-state index is -0.314. The van der Waals surface area contributed by atoms with Gasteiger partial charge in [0.15, 0.2) is 5.16 Å². The second-order valence-electron chi connectivity index (χ2n) is 6.63. The molecule has 150 valence electrons. The molecule has 0 aliphatic carbocycles. The molecule has 0 saturated carbocycles. The molecule has 1 saturated heterocycles. The molecule has 0 spiro atoms. The highest BCUT2D eigenvalue weighted by Gasteiger charge is 2.25. The van der Waals surface area contributed by atoms with Gasteiger partial charge in [0.05, 0.1) is 18.0 Å². The molecule has 0 bridgehead atoms. The Morgan fingerprint density at radius 2 is 1.86 bits per heavy atom. The van der Waals surface area contributed by atoms with E-state index in [2.05, 4.69) is 23.2 Å². The first-order valence-electron chi connectivity index (χ1n) is 9.29. The first kappa shape index (κ1) is 20.2. The van der Waals surface area contributed by atoms with Crippen molar-refractivity contribution in [3.05, 3.63) is 35.7 Å². The summed E-state index contributed by atoms with van der Waals surface area (Å²) in [7, 11) is 0. The fraction of sp³-hybridized carbons (Fsp3) is 0.474. The molecular formula is C19H25N5O3S. The van der Waals surface area contributed by atoms with E-state index in [1.807, 2.05) is 23.6 Å². The maximum atomic E-state index is 12.6. The van der Waals surface area contributed by atoms with Crippen LogP contribution in [0.1, 0.15) is 18.1 Å². The van der Waals surface area contributed by atoms with Gasteiger partial charge in [0.2, 0.25) is 5.91 Å². The number of carbonyl (C=O) groups is 2. The minimum Gasteiger partial charge on any atom is -0.450 e. The van der Waals surface area contributed by atoms with Crippen LogP contribution in [0, 0.1) is 13.8 Å². The van der Waals surface area contributed by atoms with Crippen molar-refractivity contribution in [2.24, 2.45) is 0 Å². The number of aromatic nitrogens is 3. The molecular weight excluding hydrogens is 378 g/mol. The number of carbonyl (C=O) groups excluding carboxylic acids is 2. The number of ether oxygens (including phenoxy) is 1. The van der Waals surface area contributed by atoms with E-state index in [9.17, 15) is 9.59 Å². The highest BCUT2D eigenvalue weighted by molar-refractivity contribution is 7.99. The SMILES string of the molecule is CCOC(=O)N1CCN(C(=O)CSc2nncn2-c2ccc(C)cc2C)CC1. The molecule has 1 aromatic heterocycles. The number of hydrogen-bond acceptors (Lipinski definition) is 6. The molecule has 0 atom stereocenters. The monoisotopic (exact) mass is 403 g/mol. The van der Waals surface area contributed by atoms with Gasteiger partial charge in [-0.05, 0) is 32.4 Å². The molecule has 1 aliphatic heterocycles. The molecule has 2 aromatic rings. The summed E-state index contributed by atoms with van der Waals surface area (Å²) in [4.78, 5) is 27.7. The summed E-state index contributed by atoms with van der Waals surface area (Å²) in [6.45, 7) is 8.26. The second-order valence-corrected chi connectivity index (χ2v) is 7.57. The quantitative estimate of drug-likeness (QED) is 0.713. The van der Waals surface area contributed by atoms with Gasteiger partial charge in [-0.1, -0.05) is 29.5 Å². The topological polar surface area (TPSA) is 80.6 Å². The first-order valence-corrected chi connectivity index (χ1v) is 10.3. The first-order chi connectivity index (χ1) is 13.5. The van der Waals surface area contributed by atoms with Crippen LogP contribution in [0.4, 0.5) is 4.79 Å². The molecule has 0 radical (unpaired) electrons. The van der Waals surface area contributed by atoms with Crippen molar-refractivity contribution < 1.29 is 14.3 Å². The van der Waals surface area contributed by atoms with Crippen LogP contribution in [0.2, 0.25) is 0 Å². The van der Waals surface area contributed by atoms with E-state index in [0.717, 1.165) is 11.3 Å². The number of piperazine rings is 1. The highest BCUT2D eigenvalue weighted by atomic mass is 32.2. The normalized spacial score (nSPS) is 14.2.